The number of aryl methyl sites for hydroxylation is 1. The number of benzene rings is 2. The predicted octanol–water partition coefficient (Wildman–Crippen LogP) is 5.03. The zero-order valence-electron chi connectivity index (χ0n) is 17.4. The van der Waals surface area contributed by atoms with Crippen molar-refractivity contribution in [3.63, 3.8) is 0 Å². The van der Waals surface area contributed by atoms with Crippen molar-refractivity contribution in [1.82, 2.24) is 4.98 Å². The normalized spacial score (nSPS) is 15.9. The van der Waals surface area contributed by atoms with Gasteiger partial charge in [-0.25, -0.2) is 13.8 Å². The first-order valence-electron chi connectivity index (χ1n) is 10.3. The van der Waals surface area contributed by atoms with E-state index >= 15 is 0 Å². The first-order chi connectivity index (χ1) is 15.3. The zero-order chi connectivity index (χ0) is 22.8. The van der Waals surface area contributed by atoms with Crippen molar-refractivity contribution in [2.75, 3.05) is 11.4 Å². The molecule has 4 rings (SSSR count). The van der Waals surface area contributed by atoms with Crippen molar-refractivity contribution >= 4 is 17.4 Å². The summed E-state index contributed by atoms with van der Waals surface area (Å²) in [6.45, 7) is 2.14. The second kappa shape index (κ2) is 8.94. The van der Waals surface area contributed by atoms with Crippen LogP contribution in [0.1, 0.15) is 24.0 Å². The van der Waals surface area contributed by atoms with Gasteiger partial charge in [0, 0.05) is 42.6 Å². The van der Waals surface area contributed by atoms with E-state index in [0.717, 1.165) is 16.0 Å². The Morgan fingerprint density at radius 2 is 1.78 bits per heavy atom. The summed E-state index contributed by atoms with van der Waals surface area (Å²) in [7, 11) is 0. The van der Waals surface area contributed by atoms with E-state index in [1.165, 1.54) is 30.5 Å². The van der Waals surface area contributed by atoms with Crippen molar-refractivity contribution in [2.45, 2.75) is 26.2 Å². The van der Waals surface area contributed by atoms with Crippen LogP contribution in [0, 0.1) is 30.4 Å². The number of aromatic nitrogens is 1. The monoisotopic (exact) mass is 438 g/mol. The Morgan fingerprint density at radius 3 is 2.50 bits per heavy atom. The Labute approximate surface area is 183 Å². The van der Waals surface area contributed by atoms with E-state index in [-0.39, 0.29) is 42.0 Å². The highest BCUT2D eigenvalue weighted by Crippen LogP contribution is 2.34. The van der Waals surface area contributed by atoms with Crippen molar-refractivity contribution < 1.29 is 22.8 Å². The van der Waals surface area contributed by atoms with Gasteiger partial charge >= 0.3 is 0 Å². The number of Topliss-reactive ketones (excluding diaryl/α,β-unsaturated/α-hetero) is 1. The lowest BCUT2D eigenvalue weighted by molar-refractivity contribution is -0.125. The van der Waals surface area contributed by atoms with Gasteiger partial charge in [-0.1, -0.05) is 29.8 Å². The number of hydrogen-bond donors (Lipinski definition) is 0. The third kappa shape index (κ3) is 4.28. The predicted molar refractivity (Wildman–Crippen MR) is 115 cm³/mol. The Balaban J connectivity index is 1.49. The molecule has 0 spiro atoms. The van der Waals surface area contributed by atoms with Crippen LogP contribution in [0.4, 0.5) is 18.9 Å². The maximum absolute atomic E-state index is 14.8. The number of pyridine rings is 1. The summed E-state index contributed by atoms with van der Waals surface area (Å²) in [5.41, 5.74) is 1.31. The van der Waals surface area contributed by atoms with Gasteiger partial charge in [0.25, 0.3) is 0 Å². The van der Waals surface area contributed by atoms with E-state index in [1.807, 2.05) is 31.2 Å². The first kappa shape index (κ1) is 21.7. The Morgan fingerprint density at radius 1 is 1.03 bits per heavy atom. The molecule has 7 heteroatoms. The lowest BCUT2D eigenvalue weighted by atomic mass is 9.97. The Kier molecular flexibility index (Phi) is 6.08. The van der Waals surface area contributed by atoms with Gasteiger partial charge in [0.2, 0.25) is 11.9 Å². The molecule has 1 fully saturated rings. The first-order valence-corrected chi connectivity index (χ1v) is 10.3. The summed E-state index contributed by atoms with van der Waals surface area (Å²) in [5.74, 6) is -4.47. The molecule has 0 bridgehead atoms. The number of anilines is 1. The van der Waals surface area contributed by atoms with Crippen LogP contribution in [-0.4, -0.2) is 23.2 Å². The number of ketones is 1. The van der Waals surface area contributed by atoms with E-state index in [0.29, 0.717) is 6.42 Å². The molecule has 4 nitrogen and oxygen atoms in total. The molecule has 2 aromatic carbocycles. The third-order valence-electron chi connectivity index (χ3n) is 5.71. The maximum Gasteiger partial charge on any atom is 0.230 e. The molecule has 0 radical (unpaired) electrons. The molecule has 1 aliphatic rings. The van der Waals surface area contributed by atoms with Gasteiger partial charge in [-0.15, -0.1) is 0 Å². The molecule has 1 aromatic heterocycles. The number of rotatable bonds is 6. The van der Waals surface area contributed by atoms with E-state index in [9.17, 15) is 22.8 Å². The molecule has 164 valence electrons. The number of nitrogens with zero attached hydrogens (tertiary/aromatic N) is 2. The fourth-order valence-electron chi connectivity index (χ4n) is 3.99. The Hall–Kier alpha value is -3.48. The SMILES string of the molecule is Cc1ccc(CC(=O)C[C@@H]2CCN(c3ccc(-c4cccnc4F)c(F)c3F)C2=O)cc1. The molecule has 0 unspecified atom stereocenters. The van der Waals surface area contributed by atoms with Gasteiger partial charge in [0.05, 0.1) is 5.69 Å². The average Bonchev–Trinajstić information content (AvgIpc) is 3.12. The highest BCUT2D eigenvalue weighted by atomic mass is 19.2. The molecule has 0 N–H and O–H groups in total. The summed E-state index contributed by atoms with van der Waals surface area (Å²) in [4.78, 5) is 29.9. The second-order valence-corrected chi connectivity index (χ2v) is 7.98. The minimum atomic E-state index is -1.25. The number of hydrogen-bond acceptors (Lipinski definition) is 3. The molecule has 3 aromatic rings. The molecular weight excluding hydrogens is 417 g/mol. The summed E-state index contributed by atoms with van der Waals surface area (Å²) in [6, 6.07) is 12.8. The lowest BCUT2D eigenvalue weighted by Gasteiger charge is -2.19. The minimum Gasteiger partial charge on any atom is -0.309 e. The molecule has 1 saturated heterocycles. The molecule has 0 saturated carbocycles. The minimum absolute atomic E-state index is 0.0479. The third-order valence-corrected chi connectivity index (χ3v) is 5.71. The van der Waals surface area contributed by atoms with Crippen molar-refractivity contribution in [3.8, 4) is 11.1 Å². The molecule has 1 atom stereocenters. The summed E-state index contributed by atoms with van der Waals surface area (Å²) < 4.78 is 43.5. The smallest absolute Gasteiger partial charge is 0.230 e. The van der Waals surface area contributed by atoms with Crippen LogP contribution >= 0.6 is 0 Å². The van der Waals surface area contributed by atoms with E-state index in [1.54, 1.807) is 0 Å². The standard InChI is InChI=1S/C25H21F3N2O2/c1-15-4-6-16(7-5-15)13-18(31)14-17-10-12-30(25(17)32)21-9-8-19(22(26)23(21)27)20-3-2-11-29-24(20)28/h2-9,11,17H,10,12-14H2,1H3/t17-/m0/s1. The fraction of sp³-hybridized carbons (Fsp3) is 0.240. The zero-order valence-corrected chi connectivity index (χ0v) is 17.4. The topological polar surface area (TPSA) is 50.3 Å². The van der Waals surface area contributed by atoms with E-state index in [4.69, 9.17) is 0 Å². The van der Waals surface area contributed by atoms with E-state index in [2.05, 4.69) is 4.98 Å². The molecule has 1 amide bonds. The van der Waals surface area contributed by atoms with Gasteiger partial charge in [-0.3, -0.25) is 9.59 Å². The van der Waals surface area contributed by atoms with Crippen molar-refractivity contribution in [2.24, 2.45) is 5.92 Å². The van der Waals surface area contributed by atoms with Crippen LogP contribution in [0.25, 0.3) is 11.1 Å². The highest BCUT2D eigenvalue weighted by Gasteiger charge is 2.36. The van der Waals surface area contributed by atoms with Crippen LogP contribution in [0.2, 0.25) is 0 Å². The van der Waals surface area contributed by atoms with Crippen molar-refractivity contribution in [3.05, 3.63) is 83.4 Å². The van der Waals surface area contributed by atoms with Crippen LogP contribution in [0.5, 0.6) is 0 Å². The van der Waals surface area contributed by atoms with E-state index < -0.39 is 29.4 Å². The quantitative estimate of drug-likeness (QED) is 0.508. The van der Waals surface area contributed by atoms with Crippen LogP contribution < -0.4 is 4.90 Å². The van der Waals surface area contributed by atoms with Gasteiger partial charge in [-0.05, 0) is 43.2 Å². The summed E-state index contributed by atoms with van der Waals surface area (Å²) in [5, 5.41) is 0. The molecule has 1 aliphatic heterocycles. The number of carbonyl (C=O) groups excluding carboxylic acids is 2. The number of amides is 1. The van der Waals surface area contributed by atoms with Gasteiger partial charge in [0.1, 0.15) is 5.78 Å². The van der Waals surface area contributed by atoms with Gasteiger partial charge < -0.3 is 4.90 Å². The molecule has 0 aliphatic carbocycles. The van der Waals surface area contributed by atoms with Crippen LogP contribution in [0.3, 0.4) is 0 Å². The summed E-state index contributed by atoms with van der Waals surface area (Å²) in [6.07, 6.45) is 1.86. The van der Waals surface area contributed by atoms with Gasteiger partial charge in [-0.2, -0.15) is 4.39 Å². The fourth-order valence-corrected chi connectivity index (χ4v) is 3.99. The lowest BCUT2D eigenvalue weighted by Crippen LogP contribution is -2.29. The van der Waals surface area contributed by atoms with Crippen LogP contribution in [-0.2, 0) is 16.0 Å². The van der Waals surface area contributed by atoms with Crippen molar-refractivity contribution in [1.29, 1.82) is 0 Å². The van der Waals surface area contributed by atoms with Crippen LogP contribution in [0.15, 0.2) is 54.7 Å². The summed E-state index contributed by atoms with van der Waals surface area (Å²) >= 11 is 0. The average molecular weight is 438 g/mol. The highest BCUT2D eigenvalue weighted by molar-refractivity contribution is 6.00. The second-order valence-electron chi connectivity index (χ2n) is 7.98. The maximum atomic E-state index is 14.8. The molecule has 32 heavy (non-hydrogen) atoms. The largest absolute Gasteiger partial charge is 0.309 e. The molecule has 2 heterocycles. The Bertz CT molecular complexity index is 1180. The van der Waals surface area contributed by atoms with Gasteiger partial charge in [0.15, 0.2) is 11.6 Å². The number of halogens is 3. The molecular formula is C25H21F3N2O2. The number of carbonyl (C=O) groups is 2.